The highest BCUT2D eigenvalue weighted by molar-refractivity contribution is 5.35. The van der Waals surface area contributed by atoms with Crippen LogP contribution in [0.15, 0.2) is 24.4 Å². The van der Waals surface area contributed by atoms with E-state index in [1.807, 2.05) is 24.4 Å². The van der Waals surface area contributed by atoms with E-state index in [1.54, 1.807) is 7.11 Å². The molecule has 2 rings (SSSR count). The number of aromatic nitrogens is 1. The molecule has 0 aliphatic heterocycles. The van der Waals surface area contributed by atoms with Crippen LogP contribution in [0, 0.1) is 5.92 Å². The second-order valence-electron chi connectivity index (χ2n) is 3.76. The molecule has 2 atom stereocenters. The predicted octanol–water partition coefficient (Wildman–Crippen LogP) is 1.92. The minimum atomic E-state index is 0.546. The summed E-state index contributed by atoms with van der Waals surface area (Å²) >= 11 is 0. The van der Waals surface area contributed by atoms with E-state index in [0.29, 0.717) is 12.0 Å². The third-order valence-electron chi connectivity index (χ3n) is 2.80. The van der Waals surface area contributed by atoms with Gasteiger partial charge in [-0.3, -0.25) is 0 Å². The van der Waals surface area contributed by atoms with Crippen LogP contribution in [0.4, 0.5) is 5.82 Å². The number of nitrogens with one attached hydrogen (secondary N) is 1. The van der Waals surface area contributed by atoms with Crippen LogP contribution in [0.3, 0.4) is 0 Å². The Bertz CT molecular complexity index is 276. The molecular formula is C11H16N2O. The van der Waals surface area contributed by atoms with Gasteiger partial charge in [-0.1, -0.05) is 6.07 Å². The second-order valence-corrected chi connectivity index (χ2v) is 3.76. The molecule has 1 aromatic rings. The van der Waals surface area contributed by atoms with E-state index < -0.39 is 0 Å². The average molecular weight is 192 g/mol. The first-order valence-corrected chi connectivity index (χ1v) is 5.06. The van der Waals surface area contributed by atoms with E-state index in [0.717, 1.165) is 12.4 Å². The fraction of sp³-hybridized carbons (Fsp3) is 0.545. The zero-order chi connectivity index (χ0) is 9.80. The SMILES string of the molecule is COC[C@H]1CC[C@H]1Nc1ccccn1. The molecule has 0 radical (unpaired) electrons. The normalized spacial score (nSPS) is 25.5. The van der Waals surface area contributed by atoms with Gasteiger partial charge in [-0.05, 0) is 25.0 Å². The standard InChI is InChI=1S/C11H16N2O/c1-14-8-9-5-6-10(9)13-11-4-2-3-7-12-11/h2-4,7,9-10H,5-6,8H2,1H3,(H,12,13)/t9-,10-/m1/s1. The van der Waals surface area contributed by atoms with Gasteiger partial charge in [0.15, 0.2) is 0 Å². The maximum absolute atomic E-state index is 5.15. The van der Waals surface area contributed by atoms with E-state index in [-0.39, 0.29) is 0 Å². The largest absolute Gasteiger partial charge is 0.384 e. The number of nitrogens with zero attached hydrogens (tertiary/aromatic N) is 1. The summed E-state index contributed by atoms with van der Waals surface area (Å²) in [7, 11) is 1.76. The number of methoxy groups -OCH3 is 1. The molecule has 1 aliphatic carbocycles. The number of ether oxygens (including phenoxy) is 1. The van der Waals surface area contributed by atoms with Gasteiger partial charge in [0.1, 0.15) is 5.82 Å². The van der Waals surface area contributed by atoms with Crippen molar-refractivity contribution < 1.29 is 4.74 Å². The third-order valence-corrected chi connectivity index (χ3v) is 2.80. The molecule has 1 aromatic heterocycles. The van der Waals surface area contributed by atoms with E-state index in [1.165, 1.54) is 12.8 Å². The van der Waals surface area contributed by atoms with Crippen molar-refractivity contribution in [3.05, 3.63) is 24.4 Å². The zero-order valence-corrected chi connectivity index (χ0v) is 8.44. The smallest absolute Gasteiger partial charge is 0.126 e. The molecule has 0 spiro atoms. The quantitative estimate of drug-likeness (QED) is 0.791. The topological polar surface area (TPSA) is 34.1 Å². The fourth-order valence-corrected chi connectivity index (χ4v) is 1.81. The third kappa shape index (κ3) is 2.04. The van der Waals surface area contributed by atoms with Gasteiger partial charge in [-0.15, -0.1) is 0 Å². The Morgan fingerprint density at radius 2 is 2.43 bits per heavy atom. The Balaban J connectivity index is 1.86. The molecule has 76 valence electrons. The lowest BCUT2D eigenvalue weighted by Gasteiger charge is -2.36. The molecule has 0 saturated heterocycles. The van der Waals surface area contributed by atoms with Crippen molar-refractivity contribution in [3.8, 4) is 0 Å². The van der Waals surface area contributed by atoms with Gasteiger partial charge in [-0.25, -0.2) is 4.98 Å². The minimum absolute atomic E-state index is 0.546. The van der Waals surface area contributed by atoms with Crippen LogP contribution in [-0.4, -0.2) is 24.7 Å². The summed E-state index contributed by atoms with van der Waals surface area (Å²) in [5.41, 5.74) is 0. The molecule has 0 bridgehead atoms. The summed E-state index contributed by atoms with van der Waals surface area (Å²) < 4.78 is 5.15. The van der Waals surface area contributed by atoms with Crippen LogP contribution in [-0.2, 0) is 4.74 Å². The molecule has 1 heterocycles. The Labute approximate surface area is 84.5 Å². The Morgan fingerprint density at radius 1 is 1.50 bits per heavy atom. The lowest BCUT2D eigenvalue weighted by Crippen LogP contribution is -2.40. The number of pyridine rings is 1. The molecule has 14 heavy (non-hydrogen) atoms. The maximum Gasteiger partial charge on any atom is 0.126 e. The monoisotopic (exact) mass is 192 g/mol. The highest BCUT2D eigenvalue weighted by Crippen LogP contribution is 2.29. The Kier molecular flexibility index (Phi) is 2.99. The summed E-state index contributed by atoms with van der Waals surface area (Å²) in [6.07, 6.45) is 4.30. The summed E-state index contributed by atoms with van der Waals surface area (Å²) in [5.74, 6) is 1.63. The Hall–Kier alpha value is -1.09. The van der Waals surface area contributed by atoms with Crippen LogP contribution >= 0.6 is 0 Å². The van der Waals surface area contributed by atoms with Gasteiger partial charge in [0.25, 0.3) is 0 Å². The summed E-state index contributed by atoms with van der Waals surface area (Å²) in [6, 6.07) is 6.48. The molecule has 1 aliphatic rings. The molecule has 0 amide bonds. The van der Waals surface area contributed by atoms with Crippen molar-refractivity contribution in [2.24, 2.45) is 5.92 Å². The maximum atomic E-state index is 5.15. The van der Waals surface area contributed by atoms with Crippen molar-refractivity contribution in [2.75, 3.05) is 19.0 Å². The van der Waals surface area contributed by atoms with Crippen molar-refractivity contribution in [2.45, 2.75) is 18.9 Å². The number of anilines is 1. The van der Waals surface area contributed by atoms with Crippen molar-refractivity contribution in [1.82, 2.24) is 4.98 Å². The molecule has 3 nitrogen and oxygen atoms in total. The lowest BCUT2D eigenvalue weighted by molar-refractivity contribution is 0.101. The van der Waals surface area contributed by atoms with E-state index in [2.05, 4.69) is 10.3 Å². The molecule has 1 saturated carbocycles. The summed E-state index contributed by atoms with van der Waals surface area (Å²) in [6.45, 7) is 0.852. The molecule has 1 fully saturated rings. The van der Waals surface area contributed by atoms with Crippen molar-refractivity contribution in [1.29, 1.82) is 0 Å². The highest BCUT2D eigenvalue weighted by Gasteiger charge is 2.30. The molecule has 3 heteroatoms. The minimum Gasteiger partial charge on any atom is -0.384 e. The number of hydrogen-bond acceptors (Lipinski definition) is 3. The van der Waals surface area contributed by atoms with Crippen LogP contribution in [0.2, 0.25) is 0 Å². The lowest BCUT2D eigenvalue weighted by atomic mass is 9.80. The van der Waals surface area contributed by atoms with Gasteiger partial charge in [0.05, 0.1) is 6.61 Å². The number of hydrogen-bond donors (Lipinski definition) is 1. The molecule has 1 N–H and O–H groups in total. The van der Waals surface area contributed by atoms with Crippen LogP contribution in [0.1, 0.15) is 12.8 Å². The Morgan fingerprint density at radius 3 is 3.00 bits per heavy atom. The van der Waals surface area contributed by atoms with Gasteiger partial charge in [0, 0.05) is 25.3 Å². The van der Waals surface area contributed by atoms with E-state index in [9.17, 15) is 0 Å². The van der Waals surface area contributed by atoms with Crippen LogP contribution < -0.4 is 5.32 Å². The average Bonchev–Trinajstić information content (AvgIpc) is 2.23. The molecule has 0 unspecified atom stereocenters. The highest BCUT2D eigenvalue weighted by atomic mass is 16.5. The fourth-order valence-electron chi connectivity index (χ4n) is 1.81. The van der Waals surface area contributed by atoms with Gasteiger partial charge >= 0.3 is 0 Å². The molecule has 0 aromatic carbocycles. The van der Waals surface area contributed by atoms with Crippen molar-refractivity contribution in [3.63, 3.8) is 0 Å². The van der Waals surface area contributed by atoms with E-state index >= 15 is 0 Å². The zero-order valence-electron chi connectivity index (χ0n) is 8.44. The summed E-state index contributed by atoms with van der Waals surface area (Å²) in [5, 5.41) is 3.42. The second kappa shape index (κ2) is 4.42. The van der Waals surface area contributed by atoms with Gasteiger partial charge in [-0.2, -0.15) is 0 Å². The first-order valence-electron chi connectivity index (χ1n) is 5.06. The summed E-state index contributed by atoms with van der Waals surface area (Å²) in [4.78, 5) is 4.24. The molecular weight excluding hydrogens is 176 g/mol. The number of rotatable bonds is 4. The first-order chi connectivity index (χ1) is 6.90. The van der Waals surface area contributed by atoms with Crippen LogP contribution in [0.5, 0.6) is 0 Å². The van der Waals surface area contributed by atoms with Crippen LogP contribution in [0.25, 0.3) is 0 Å². The van der Waals surface area contributed by atoms with E-state index in [4.69, 9.17) is 4.74 Å². The van der Waals surface area contributed by atoms with Gasteiger partial charge in [0.2, 0.25) is 0 Å². The predicted molar refractivity (Wildman–Crippen MR) is 56.2 cm³/mol. The van der Waals surface area contributed by atoms with Crippen molar-refractivity contribution >= 4 is 5.82 Å². The van der Waals surface area contributed by atoms with Gasteiger partial charge < -0.3 is 10.1 Å². The first kappa shape index (κ1) is 9.46.